The lowest BCUT2D eigenvalue weighted by molar-refractivity contribution is -0.870. The number of phosphoric acid groups is 1. The molecule has 0 aliphatic rings. The average Bonchev–Trinajstić information content (AvgIpc) is 3.38. The molecule has 10 heteroatoms. The SMILES string of the molecule is CC/C=C/C/C=C/C/C=C/C/C=C/C/C=C/CCC(=O)NC(COP(=O)([O-])OCC[N+](C)(C)C)C(/C=C\CCCCCCCCCCC)OC(=O)CCCCCCCCCCCC/C=C\C/C=C\C/C=C\CCCCC. The number of nitrogens with zero attached hydrogens (tertiary/aromatic N) is 1. The molecule has 0 aromatic heterocycles. The van der Waals surface area contributed by atoms with Crippen molar-refractivity contribution in [2.75, 3.05) is 40.9 Å². The maximum absolute atomic E-state index is 13.5. The summed E-state index contributed by atoms with van der Waals surface area (Å²) in [5.74, 6) is -0.648. The van der Waals surface area contributed by atoms with E-state index >= 15 is 0 Å². The monoisotopic (exact) mass is 1080 g/mol. The van der Waals surface area contributed by atoms with Crippen LogP contribution in [-0.2, 0) is 27.9 Å². The molecule has 3 unspecified atom stereocenters. The van der Waals surface area contributed by atoms with Crippen LogP contribution in [0.3, 0.4) is 0 Å². The summed E-state index contributed by atoms with van der Waals surface area (Å²) in [6.07, 6.45) is 75.1. The lowest BCUT2D eigenvalue weighted by Gasteiger charge is -2.30. The molecule has 436 valence electrons. The first-order chi connectivity index (χ1) is 36.9. The van der Waals surface area contributed by atoms with Gasteiger partial charge in [-0.3, -0.25) is 14.2 Å². The van der Waals surface area contributed by atoms with Crippen LogP contribution in [-0.4, -0.2) is 69.4 Å². The Morgan fingerprint density at radius 1 is 0.474 bits per heavy atom. The molecule has 0 saturated heterocycles. The van der Waals surface area contributed by atoms with Crippen molar-refractivity contribution < 1.29 is 37.3 Å². The van der Waals surface area contributed by atoms with Gasteiger partial charge in [0.25, 0.3) is 7.82 Å². The molecule has 0 bridgehead atoms. The fraction of sp³-hybridized carbons (Fsp3) is 0.697. The zero-order valence-corrected chi connectivity index (χ0v) is 50.6. The number of amides is 1. The molecule has 0 rings (SSSR count). The predicted octanol–water partition coefficient (Wildman–Crippen LogP) is 18.3. The number of carbonyl (C=O) groups excluding carboxylic acids is 2. The van der Waals surface area contributed by atoms with Gasteiger partial charge in [-0.25, -0.2) is 0 Å². The second-order valence-corrected chi connectivity index (χ2v) is 22.9. The number of quaternary nitrogens is 1. The van der Waals surface area contributed by atoms with Gasteiger partial charge in [0.2, 0.25) is 5.91 Å². The standard InChI is InChI=1S/C66H115N2O7P/c1-7-10-13-16-19-22-25-27-29-31-32-33-34-35-36-37-39-41-44-47-50-53-56-59-66(70)75-64(57-54-51-48-45-42-24-21-18-15-12-9-3)63(62-74-76(71,72)73-61-60-68(4,5)6)67-65(69)58-55-52-49-46-43-40-38-30-28-26-23-20-17-14-11-8-2/h11,14,19-20,22-23,27-30,32-33,40,43,49,52,54,57,63-64H,7-10,12-13,15-18,21,24-26,31,34-39,41-42,44-48,50-51,53,55-56,58-62H2,1-6H3,(H-,67,69,71,72)/b14-11+,22-19-,23-20+,29-27-,30-28+,33-32-,43-40+,52-49+,57-54-. The first kappa shape index (κ1) is 72.7. The van der Waals surface area contributed by atoms with Crippen molar-refractivity contribution in [1.29, 1.82) is 0 Å². The number of rotatable bonds is 54. The summed E-state index contributed by atoms with van der Waals surface area (Å²) in [6.45, 7) is 6.62. The number of unbranched alkanes of at least 4 members (excludes halogenated alkanes) is 22. The van der Waals surface area contributed by atoms with Crippen LogP contribution in [0.4, 0.5) is 0 Å². The van der Waals surface area contributed by atoms with Gasteiger partial charge in [-0.05, 0) is 102 Å². The molecular formula is C66H115N2O7P. The van der Waals surface area contributed by atoms with E-state index in [0.29, 0.717) is 23.9 Å². The third-order valence-electron chi connectivity index (χ3n) is 13.0. The summed E-state index contributed by atoms with van der Waals surface area (Å²) in [5.41, 5.74) is 0. The van der Waals surface area contributed by atoms with Crippen LogP contribution in [0.2, 0.25) is 0 Å². The van der Waals surface area contributed by atoms with E-state index in [-0.39, 0.29) is 31.3 Å². The van der Waals surface area contributed by atoms with Gasteiger partial charge in [0.1, 0.15) is 19.3 Å². The van der Waals surface area contributed by atoms with Crippen LogP contribution < -0.4 is 10.2 Å². The van der Waals surface area contributed by atoms with E-state index in [4.69, 9.17) is 13.8 Å². The van der Waals surface area contributed by atoms with Crippen molar-refractivity contribution in [1.82, 2.24) is 5.32 Å². The van der Waals surface area contributed by atoms with Crippen molar-refractivity contribution in [3.05, 3.63) is 109 Å². The molecule has 0 aromatic rings. The van der Waals surface area contributed by atoms with E-state index in [1.54, 1.807) is 6.08 Å². The van der Waals surface area contributed by atoms with Crippen LogP contribution in [0.25, 0.3) is 0 Å². The summed E-state index contributed by atoms with van der Waals surface area (Å²) < 4.78 is 30.2. The van der Waals surface area contributed by atoms with Crippen molar-refractivity contribution >= 4 is 19.7 Å². The average molecular weight is 1080 g/mol. The number of likely N-dealkylation sites (N-methyl/N-ethyl adjacent to an activating group) is 1. The number of phosphoric ester groups is 1. The van der Waals surface area contributed by atoms with E-state index in [2.05, 4.69) is 111 Å². The van der Waals surface area contributed by atoms with Crippen molar-refractivity contribution in [3.63, 3.8) is 0 Å². The Bertz CT molecular complexity index is 1670. The predicted molar refractivity (Wildman–Crippen MR) is 325 cm³/mol. The van der Waals surface area contributed by atoms with Crippen molar-refractivity contribution in [2.24, 2.45) is 0 Å². The molecule has 0 heterocycles. The Balaban J connectivity index is 5.28. The highest BCUT2D eigenvalue weighted by Gasteiger charge is 2.27. The van der Waals surface area contributed by atoms with E-state index in [1.165, 1.54) is 109 Å². The second kappa shape index (κ2) is 55.0. The quantitative estimate of drug-likeness (QED) is 0.0212. The summed E-state index contributed by atoms with van der Waals surface area (Å²) in [7, 11) is 1.12. The molecule has 0 aliphatic carbocycles. The number of allylic oxidation sites excluding steroid dienone is 17. The minimum absolute atomic E-state index is 0.0413. The Kier molecular flexibility index (Phi) is 52.6. The highest BCUT2D eigenvalue weighted by molar-refractivity contribution is 7.45. The molecule has 9 nitrogen and oxygen atoms in total. The molecule has 0 aromatic carbocycles. The van der Waals surface area contributed by atoms with E-state index in [0.717, 1.165) is 89.9 Å². The minimum Gasteiger partial charge on any atom is -0.756 e. The van der Waals surface area contributed by atoms with Gasteiger partial charge in [-0.1, -0.05) is 240 Å². The summed E-state index contributed by atoms with van der Waals surface area (Å²) in [5, 5.41) is 2.97. The minimum atomic E-state index is -4.72. The van der Waals surface area contributed by atoms with Gasteiger partial charge >= 0.3 is 5.97 Å². The van der Waals surface area contributed by atoms with E-state index < -0.39 is 26.6 Å². The Hall–Kier alpha value is -3.33. The first-order valence-corrected chi connectivity index (χ1v) is 32.2. The summed E-state index contributed by atoms with van der Waals surface area (Å²) >= 11 is 0. The second-order valence-electron chi connectivity index (χ2n) is 21.5. The topological polar surface area (TPSA) is 114 Å². The molecule has 0 aliphatic heterocycles. The number of esters is 1. The number of hydrogen-bond donors (Lipinski definition) is 1. The number of nitrogens with one attached hydrogen (secondary N) is 1. The third kappa shape index (κ3) is 55.4. The van der Waals surface area contributed by atoms with Crippen LogP contribution >= 0.6 is 7.82 Å². The highest BCUT2D eigenvalue weighted by atomic mass is 31.2. The zero-order chi connectivity index (χ0) is 55.7. The first-order valence-electron chi connectivity index (χ1n) is 30.7. The van der Waals surface area contributed by atoms with Crippen LogP contribution in [0, 0.1) is 0 Å². The molecule has 1 N–H and O–H groups in total. The van der Waals surface area contributed by atoms with Gasteiger partial charge in [-0.15, -0.1) is 0 Å². The van der Waals surface area contributed by atoms with Gasteiger partial charge in [-0.2, -0.15) is 0 Å². The van der Waals surface area contributed by atoms with Gasteiger partial charge in [0.15, 0.2) is 0 Å². The third-order valence-corrected chi connectivity index (χ3v) is 13.9. The summed E-state index contributed by atoms with van der Waals surface area (Å²) in [6, 6.07) is -0.935. The Labute approximate surface area is 468 Å². The van der Waals surface area contributed by atoms with Crippen LogP contribution in [0.15, 0.2) is 109 Å². The van der Waals surface area contributed by atoms with E-state index in [9.17, 15) is 19.0 Å². The maximum atomic E-state index is 13.5. The molecular weight excluding hydrogens is 964 g/mol. The molecule has 76 heavy (non-hydrogen) atoms. The normalized spacial score (nSPS) is 14.5. The Morgan fingerprint density at radius 3 is 1.32 bits per heavy atom. The lowest BCUT2D eigenvalue weighted by Crippen LogP contribution is -2.47. The zero-order valence-electron chi connectivity index (χ0n) is 49.7. The fourth-order valence-corrected chi connectivity index (χ4v) is 8.94. The van der Waals surface area contributed by atoms with Crippen molar-refractivity contribution in [3.8, 4) is 0 Å². The highest BCUT2D eigenvalue weighted by Crippen LogP contribution is 2.38. The molecule has 1 amide bonds. The molecule has 0 fully saturated rings. The van der Waals surface area contributed by atoms with Crippen molar-refractivity contribution in [2.45, 2.75) is 258 Å². The smallest absolute Gasteiger partial charge is 0.306 e. The fourth-order valence-electron chi connectivity index (χ4n) is 8.22. The number of hydrogen-bond acceptors (Lipinski definition) is 7. The lowest BCUT2D eigenvalue weighted by atomic mass is 10.0. The summed E-state index contributed by atoms with van der Waals surface area (Å²) in [4.78, 5) is 39.9. The maximum Gasteiger partial charge on any atom is 0.306 e. The molecule has 3 atom stereocenters. The molecule has 0 spiro atoms. The number of carbonyl (C=O) groups is 2. The Morgan fingerprint density at radius 2 is 0.855 bits per heavy atom. The van der Waals surface area contributed by atoms with Crippen LogP contribution in [0.5, 0.6) is 0 Å². The van der Waals surface area contributed by atoms with Gasteiger partial charge in [0.05, 0.1) is 33.8 Å². The number of ether oxygens (including phenoxy) is 1. The van der Waals surface area contributed by atoms with Gasteiger partial charge < -0.3 is 28.5 Å². The largest absolute Gasteiger partial charge is 0.756 e. The molecule has 0 saturated carbocycles. The van der Waals surface area contributed by atoms with Crippen LogP contribution in [0.1, 0.15) is 245 Å². The van der Waals surface area contributed by atoms with Gasteiger partial charge in [0, 0.05) is 12.8 Å². The van der Waals surface area contributed by atoms with E-state index in [1.807, 2.05) is 39.4 Å². The molecule has 0 radical (unpaired) electrons.